The van der Waals surface area contributed by atoms with Crippen LogP contribution >= 0.6 is 0 Å². The standard InChI is InChI=1S/C23H30N4O3/c1-16(2)24-23(29)27(18-9-10-18)15-21(28)26-13-12-25-11-5-8-20(25)22(26)17-6-4-7-19(14-17)30-3/h4-8,11,14,16,18,22H,9-10,12-13,15H2,1-3H3,(H,24,29)/t22-/m1/s1. The van der Waals surface area contributed by atoms with Crippen molar-refractivity contribution in [3.8, 4) is 5.75 Å². The van der Waals surface area contributed by atoms with Crippen LogP contribution in [-0.4, -0.2) is 58.6 Å². The van der Waals surface area contributed by atoms with Crippen molar-refractivity contribution in [1.82, 2.24) is 19.7 Å². The minimum Gasteiger partial charge on any atom is -0.497 e. The van der Waals surface area contributed by atoms with Crippen LogP contribution in [0.25, 0.3) is 0 Å². The molecule has 1 N–H and O–H groups in total. The summed E-state index contributed by atoms with van der Waals surface area (Å²) in [5, 5.41) is 2.94. The molecule has 0 unspecified atom stereocenters. The van der Waals surface area contributed by atoms with E-state index in [1.807, 2.05) is 49.1 Å². The van der Waals surface area contributed by atoms with E-state index in [-0.39, 0.29) is 36.6 Å². The number of carbonyl (C=O) groups excluding carboxylic acids is 2. The van der Waals surface area contributed by atoms with Gasteiger partial charge in [-0.3, -0.25) is 4.79 Å². The Kier molecular flexibility index (Phi) is 5.70. The van der Waals surface area contributed by atoms with Gasteiger partial charge in [-0.05, 0) is 56.5 Å². The fraction of sp³-hybridized carbons (Fsp3) is 0.478. The van der Waals surface area contributed by atoms with E-state index in [9.17, 15) is 9.59 Å². The quantitative estimate of drug-likeness (QED) is 0.796. The van der Waals surface area contributed by atoms with Crippen LogP contribution in [0.3, 0.4) is 0 Å². The molecule has 0 spiro atoms. The molecular weight excluding hydrogens is 380 g/mol. The van der Waals surface area contributed by atoms with E-state index in [2.05, 4.69) is 22.1 Å². The first-order chi connectivity index (χ1) is 14.5. The van der Waals surface area contributed by atoms with Crippen LogP contribution in [0, 0.1) is 0 Å². The number of nitrogens with zero attached hydrogens (tertiary/aromatic N) is 3. The summed E-state index contributed by atoms with van der Waals surface area (Å²) in [6.45, 7) is 5.32. The average molecular weight is 411 g/mol. The maximum atomic E-state index is 13.5. The highest BCUT2D eigenvalue weighted by atomic mass is 16.5. The summed E-state index contributed by atoms with van der Waals surface area (Å²) in [5.74, 6) is 0.737. The van der Waals surface area contributed by atoms with Crippen molar-refractivity contribution in [3.63, 3.8) is 0 Å². The van der Waals surface area contributed by atoms with Crippen LogP contribution in [0.1, 0.15) is 44.0 Å². The van der Waals surface area contributed by atoms with E-state index in [0.717, 1.165) is 36.4 Å². The topological polar surface area (TPSA) is 66.8 Å². The van der Waals surface area contributed by atoms with E-state index in [1.54, 1.807) is 12.0 Å². The molecule has 1 aliphatic carbocycles. The van der Waals surface area contributed by atoms with Gasteiger partial charge in [0.05, 0.1) is 13.2 Å². The predicted molar refractivity (Wildman–Crippen MR) is 114 cm³/mol. The number of amides is 3. The third-order valence-electron chi connectivity index (χ3n) is 5.73. The molecule has 1 saturated carbocycles. The van der Waals surface area contributed by atoms with E-state index >= 15 is 0 Å². The fourth-order valence-corrected chi connectivity index (χ4v) is 4.13. The Morgan fingerprint density at radius 1 is 1.20 bits per heavy atom. The molecule has 1 aromatic heterocycles. The lowest BCUT2D eigenvalue weighted by Gasteiger charge is -2.38. The van der Waals surface area contributed by atoms with Crippen LogP contribution in [0.4, 0.5) is 4.79 Å². The molecule has 1 aromatic carbocycles. The first-order valence-corrected chi connectivity index (χ1v) is 10.6. The highest BCUT2D eigenvalue weighted by molar-refractivity contribution is 5.85. The molecule has 160 valence electrons. The molecule has 2 heterocycles. The lowest BCUT2D eigenvalue weighted by molar-refractivity contribution is -0.134. The molecule has 7 nitrogen and oxygen atoms in total. The third-order valence-corrected chi connectivity index (χ3v) is 5.73. The zero-order valence-corrected chi connectivity index (χ0v) is 17.9. The van der Waals surface area contributed by atoms with Gasteiger partial charge in [0.15, 0.2) is 0 Å². The number of aromatic nitrogens is 1. The van der Waals surface area contributed by atoms with Crippen molar-refractivity contribution in [2.75, 3.05) is 20.2 Å². The number of rotatable bonds is 6. The highest BCUT2D eigenvalue weighted by Gasteiger charge is 2.38. The monoisotopic (exact) mass is 410 g/mol. The Bertz CT molecular complexity index is 919. The van der Waals surface area contributed by atoms with Crippen molar-refractivity contribution in [1.29, 1.82) is 0 Å². The van der Waals surface area contributed by atoms with Crippen molar-refractivity contribution in [2.24, 2.45) is 0 Å². The second kappa shape index (κ2) is 8.42. The summed E-state index contributed by atoms with van der Waals surface area (Å²) in [5.41, 5.74) is 2.08. The Labute approximate surface area is 177 Å². The Morgan fingerprint density at radius 3 is 2.70 bits per heavy atom. The third kappa shape index (κ3) is 4.15. The summed E-state index contributed by atoms with van der Waals surface area (Å²) in [7, 11) is 1.65. The van der Waals surface area contributed by atoms with Crippen LogP contribution < -0.4 is 10.1 Å². The van der Waals surface area contributed by atoms with Gasteiger partial charge in [-0.2, -0.15) is 0 Å². The number of hydrogen-bond acceptors (Lipinski definition) is 3. The number of hydrogen-bond donors (Lipinski definition) is 1. The van der Waals surface area contributed by atoms with Gasteiger partial charge in [0, 0.05) is 37.1 Å². The number of benzene rings is 1. The summed E-state index contributed by atoms with van der Waals surface area (Å²) in [6.07, 6.45) is 3.97. The van der Waals surface area contributed by atoms with Gasteiger partial charge in [-0.1, -0.05) is 12.1 Å². The van der Waals surface area contributed by atoms with Crippen molar-refractivity contribution in [3.05, 3.63) is 53.9 Å². The zero-order chi connectivity index (χ0) is 21.3. The average Bonchev–Trinajstić information content (AvgIpc) is 3.46. The van der Waals surface area contributed by atoms with Crippen molar-refractivity contribution < 1.29 is 14.3 Å². The van der Waals surface area contributed by atoms with Gasteiger partial charge in [0.2, 0.25) is 5.91 Å². The molecule has 2 aromatic rings. The molecular formula is C23H30N4O3. The SMILES string of the molecule is COc1cccc([C@@H]2c3cccn3CCN2C(=O)CN(C(=O)NC(C)C)C2CC2)c1. The Balaban J connectivity index is 1.61. The van der Waals surface area contributed by atoms with Crippen LogP contribution in [-0.2, 0) is 11.3 Å². The molecule has 1 aliphatic heterocycles. The molecule has 2 aliphatic rings. The molecule has 0 bridgehead atoms. The predicted octanol–water partition coefficient (Wildman–Crippen LogP) is 3.01. The van der Waals surface area contributed by atoms with E-state index in [1.165, 1.54) is 0 Å². The van der Waals surface area contributed by atoms with Gasteiger partial charge in [0.25, 0.3) is 0 Å². The van der Waals surface area contributed by atoms with Crippen LogP contribution in [0.15, 0.2) is 42.6 Å². The maximum absolute atomic E-state index is 13.5. The lowest BCUT2D eigenvalue weighted by Crippen LogP contribution is -2.51. The summed E-state index contributed by atoms with van der Waals surface area (Å²) in [6, 6.07) is 11.8. The molecule has 3 amide bonds. The first kappa shape index (κ1) is 20.3. The number of nitrogens with one attached hydrogen (secondary N) is 1. The number of ether oxygens (including phenoxy) is 1. The first-order valence-electron chi connectivity index (χ1n) is 10.6. The number of urea groups is 1. The molecule has 1 atom stereocenters. The molecule has 30 heavy (non-hydrogen) atoms. The summed E-state index contributed by atoms with van der Waals surface area (Å²) >= 11 is 0. The van der Waals surface area contributed by atoms with Crippen molar-refractivity contribution in [2.45, 2.75) is 51.4 Å². The van der Waals surface area contributed by atoms with Gasteiger partial charge in [0.1, 0.15) is 12.3 Å². The normalized spacial score (nSPS) is 18.1. The largest absolute Gasteiger partial charge is 0.497 e. The Hall–Kier alpha value is -2.96. The zero-order valence-electron chi connectivity index (χ0n) is 17.9. The number of fused-ring (bicyclic) bond motifs is 1. The van der Waals surface area contributed by atoms with Gasteiger partial charge >= 0.3 is 6.03 Å². The number of carbonyl (C=O) groups is 2. The fourth-order valence-electron chi connectivity index (χ4n) is 4.13. The second-order valence-electron chi connectivity index (χ2n) is 8.36. The van der Waals surface area contributed by atoms with Gasteiger partial charge in [-0.25, -0.2) is 4.79 Å². The van der Waals surface area contributed by atoms with Gasteiger partial charge in [-0.15, -0.1) is 0 Å². The highest BCUT2D eigenvalue weighted by Crippen LogP contribution is 2.34. The smallest absolute Gasteiger partial charge is 0.318 e. The minimum absolute atomic E-state index is 0.0268. The molecule has 0 saturated heterocycles. The minimum atomic E-state index is -0.203. The maximum Gasteiger partial charge on any atom is 0.318 e. The van der Waals surface area contributed by atoms with Crippen molar-refractivity contribution >= 4 is 11.9 Å². The molecule has 4 rings (SSSR count). The molecule has 0 radical (unpaired) electrons. The van der Waals surface area contributed by atoms with E-state index in [0.29, 0.717) is 6.54 Å². The van der Waals surface area contributed by atoms with Crippen LogP contribution in [0.5, 0.6) is 5.75 Å². The summed E-state index contributed by atoms with van der Waals surface area (Å²) < 4.78 is 7.60. The molecule has 1 fully saturated rings. The van der Waals surface area contributed by atoms with Gasteiger partial charge < -0.3 is 24.4 Å². The second-order valence-corrected chi connectivity index (χ2v) is 8.36. The van der Waals surface area contributed by atoms with Crippen LogP contribution in [0.2, 0.25) is 0 Å². The lowest BCUT2D eigenvalue weighted by atomic mass is 9.99. The number of methoxy groups -OCH3 is 1. The summed E-state index contributed by atoms with van der Waals surface area (Å²) in [4.78, 5) is 29.7. The van der Waals surface area contributed by atoms with E-state index in [4.69, 9.17) is 4.74 Å². The molecule has 7 heteroatoms. The Morgan fingerprint density at radius 2 is 2.00 bits per heavy atom. The van der Waals surface area contributed by atoms with E-state index < -0.39 is 0 Å².